The zero-order valence-electron chi connectivity index (χ0n) is 11.2. The third-order valence-electron chi connectivity index (χ3n) is 2.93. The lowest BCUT2D eigenvalue weighted by Gasteiger charge is -2.17. The molecule has 0 bridgehead atoms. The van der Waals surface area contributed by atoms with E-state index in [1.165, 1.54) is 18.2 Å². The summed E-state index contributed by atoms with van der Waals surface area (Å²) in [6.07, 6.45) is 1.80. The lowest BCUT2D eigenvalue weighted by Crippen LogP contribution is -2.27. The SMILES string of the molecule is CCCC(NC(=O)c1cc(O)cc(O)c1)c1cccs1. The van der Waals surface area contributed by atoms with Gasteiger partial charge in [0, 0.05) is 16.5 Å². The molecule has 3 N–H and O–H groups in total. The van der Waals surface area contributed by atoms with Crippen LogP contribution in [0.4, 0.5) is 0 Å². The number of hydrogen-bond acceptors (Lipinski definition) is 4. The van der Waals surface area contributed by atoms with E-state index in [0.717, 1.165) is 17.7 Å². The second-order valence-corrected chi connectivity index (χ2v) is 5.55. The Labute approximate surface area is 121 Å². The fourth-order valence-corrected chi connectivity index (χ4v) is 2.84. The van der Waals surface area contributed by atoms with Crippen LogP contribution >= 0.6 is 11.3 Å². The number of rotatable bonds is 5. The molecule has 1 aromatic heterocycles. The molecule has 1 unspecified atom stereocenters. The molecule has 1 atom stereocenters. The van der Waals surface area contributed by atoms with Crippen molar-refractivity contribution in [3.63, 3.8) is 0 Å². The molecule has 0 aliphatic heterocycles. The molecule has 2 rings (SSSR count). The highest BCUT2D eigenvalue weighted by molar-refractivity contribution is 7.10. The second kappa shape index (κ2) is 6.43. The predicted octanol–water partition coefficient (Wildman–Crippen LogP) is 3.43. The Bertz CT molecular complexity index is 561. The first-order chi connectivity index (χ1) is 9.60. The molecule has 0 saturated heterocycles. The van der Waals surface area contributed by atoms with Crippen molar-refractivity contribution >= 4 is 17.2 Å². The number of aromatic hydroxyl groups is 2. The normalized spacial score (nSPS) is 12.1. The summed E-state index contributed by atoms with van der Waals surface area (Å²) in [5.41, 5.74) is 0.250. The molecule has 1 heterocycles. The number of thiophene rings is 1. The summed E-state index contributed by atoms with van der Waals surface area (Å²) < 4.78 is 0. The van der Waals surface area contributed by atoms with Crippen LogP contribution in [0.25, 0.3) is 0 Å². The van der Waals surface area contributed by atoms with Crippen LogP contribution in [0.1, 0.15) is 41.0 Å². The van der Waals surface area contributed by atoms with Crippen molar-refractivity contribution < 1.29 is 15.0 Å². The van der Waals surface area contributed by atoms with Crippen molar-refractivity contribution in [1.82, 2.24) is 5.32 Å². The van der Waals surface area contributed by atoms with E-state index >= 15 is 0 Å². The van der Waals surface area contributed by atoms with Gasteiger partial charge in [-0.05, 0) is 30.0 Å². The monoisotopic (exact) mass is 291 g/mol. The average molecular weight is 291 g/mol. The van der Waals surface area contributed by atoms with Gasteiger partial charge in [-0.15, -0.1) is 11.3 Å². The molecule has 106 valence electrons. The van der Waals surface area contributed by atoms with Crippen LogP contribution in [0.3, 0.4) is 0 Å². The number of nitrogens with one attached hydrogen (secondary N) is 1. The number of carbonyl (C=O) groups excluding carboxylic acids is 1. The summed E-state index contributed by atoms with van der Waals surface area (Å²) in [6.45, 7) is 2.06. The van der Waals surface area contributed by atoms with Crippen LogP contribution in [0.5, 0.6) is 11.5 Å². The summed E-state index contributed by atoms with van der Waals surface area (Å²) in [4.78, 5) is 13.3. The van der Waals surface area contributed by atoms with Crippen molar-refractivity contribution in [2.24, 2.45) is 0 Å². The lowest BCUT2D eigenvalue weighted by atomic mass is 10.1. The standard InChI is InChI=1S/C15H17NO3S/c1-2-4-13(14-5-3-6-20-14)16-15(19)10-7-11(17)9-12(18)8-10/h3,5-9,13,17-18H,2,4H2,1H3,(H,16,19). The molecule has 0 spiro atoms. The van der Waals surface area contributed by atoms with Crippen molar-refractivity contribution in [1.29, 1.82) is 0 Å². The van der Waals surface area contributed by atoms with Gasteiger partial charge in [0.2, 0.25) is 0 Å². The van der Waals surface area contributed by atoms with E-state index in [2.05, 4.69) is 12.2 Å². The first kappa shape index (κ1) is 14.4. The van der Waals surface area contributed by atoms with Gasteiger partial charge in [-0.2, -0.15) is 0 Å². The molecule has 1 aromatic carbocycles. The highest BCUT2D eigenvalue weighted by Gasteiger charge is 2.16. The van der Waals surface area contributed by atoms with Crippen LogP contribution in [0.2, 0.25) is 0 Å². The topological polar surface area (TPSA) is 69.6 Å². The van der Waals surface area contributed by atoms with Gasteiger partial charge in [-0.1, -0.05) is 19.4 Å². The van der Waals surface area contributed by atoms with Crippen LogP contribution in [-0.4, -0.2) is 16.1 Å². The lowest BCUT2D eigenvalue weighted by molar-refractivity contribution is 0.0934. The minimum atomic E-state index is -0.303. The Morgan fingerprint density at radius 1 is 1.30 bits per heavy atom. The van der Waals surface area contributed by atoms with E-state index in [9.17, 15) is 15.0 Å². The Balaban J connectivity index is 2.16. The minimum Gasteiger partial charge on any atom is -0.508 e. The van der Waals surface area contributed by atoms with Crippen molar-refractivity contribution in [3.05, 3.63) is 46.2 Å². The molecule has 0 aliphatic rings. The van der Waals surface area contributed by atoms with Gasteiger partial charge in [0.1, 0.15) is 11.5 Å². The second-order valence-electron chi connectivity index (χ2n) is 4.57. The molecule has 0 saturated carbocycles. The molecular weight excluding hydrogens is 274 g/mol. The summed E-state index contributed by atoms with van der Waals surface area (Å²) in [7, 11) is 0. The van der Waals surface area contributed by atoms with Crippen LogP contribution < -0.4 is 5.32 Å². The summed E-state index contributed by atoms with van der Waals surface area (Å²) in [5.74, 6) is -0.556. The highest BCUT2D eigenvalue weighted by Crippen LogP contribution is 2.25. The first-order valence-corrected chi connectivity index (χ1v) is 7.35. The van der Waals surface area contributed by atoms with Crippen molar-refractivity contribution in [2.45, 2.75) is 25.8 Å². The van der Waals surface area contributed by atoms with E-state index in [4.69, 9.17) is 0 Å². The van der Waals surface area contributed by atoms with Crippen molar-refractivity contribution in [2.75, 3.05) is 0 Å². The van der Waals surface area contributed by atoms with E-state index in [1.54, 1.807) is 11.3 Å². The maximum absolute atomic E-state index is 12.2. The molecule has 5 heteroatoms. The van der Waals surface area contributed by atoms with Gasteiger partial charge in [0.15, 0.2) is 0 Å². The molecule has 2 aromatic rings. The Hall–Kier alpha value is -2.01. The van der Waals surface area contributed by atoms with E-state index in [1.807, 2.05) is 17.5 Å². The van der Waals surface area contributed by atoms with Gasteiger partial charge < -0.3 is 15.5 Å². The smallest absolute Gasteiger partial charge is 0.252 e. The minimum absolute atomic E-state index is 0.0445. The fourth-order valence-electron chi connectivity index (χ4n) is 2.03. The number of hydrogen-bond donors (Lipinski definition) is 3. The third kappa shape index (κ3) is 3.51. The van der Waals surface area contributed by atoms with Gasteiger partial charge in [0.25, 0.3) is 5.91 Å². The molecular formula is C15H17NO3S. The maximum Gasteiger partial charge on any atom is 0.252 e. The Kier molecular flexibility index (Phi) is 4.63. The molecule has 1 amide bonds. The summed E-state index contributed by atoms with van der Waals surface area (Å²) in [5, 5.41) is 23.8. The van der Waals surface area contributed by atoms with E-state index in [0.29, 0.717) is 0 Å². The summed E-state index contributed by atoms with van der Waals surface area (Å²) in [6, 6.07) is 7.77. The zero-order chi connectivity index (χ0) is 14.5. The zero-order valence-corrected chi connectivity index (χ0v) is 12.0. The molecule has 0 fully saturated rings. The number of phenols is 2. The summed E-state index contributed by atoms with van der Waals surface area (Å²) >= 11 is 1.60. The van der Waals surface area contributed by atoms with Gasteiger partial charge >= 0.3 is 0 Å². The van der Waals surface area contributed by atoms with Crippen LogP contribution in [0.15, 0.2) is 35.7 Å². The average Bonchev–Trinajstić information content (AvgIpc) is 2.90. The van der Waals surface area contributed by atoms with Crippen LogP contribution in [-0.2, 0) is 0 Å². The number of phenolic OH excluding ortho intramolecular Hbond substituents is 2. The maximum atomic E-state index is 12.2. The Morgan fingerprint density at radius 3 is 2.55 bits per heavy atom. The predicted molar refractivity (Wildman–Crippen MR) is 79.2 cm³/mol. The highest BCUT2D eigenvalue weighted by atomic mass is 32.1. The van der Waals surface area contributed by atoms with E-state index < -0.39 is 0 Å². The molecule has 20 heavy (non-hydrogen) atoms. The van der Waals surface area contributed by atoms with Gasteiger partial charge in [-0.25, -0.2) is 0 Å². The number of carbonyl (C=O) groups is 1. The van der Waals surface area contributed by atoms with Crippen molar-refractivity contribution in [3.8, 4) is 11.5 Å². The molecule has 0 radical (unpaired) electrons. The quantitative estimate of drug-likeness (QED) is 0.790. The van der Waals surface area contributed by atoms with Crippen LogP contribution in [0, 0.1) is 0 Å². The molecule has 4 nitrogen and oxygen atoms in total. The fraction of sp³-hybridized carbons (Fsp3) is 0.267. The van der Waals surface area contributed by atoms with Gasteiger partial charge in [0.05, 0.1) is 6.04 Å². The molecule has 0 aliphatic carbocycles. The number of benzene rings is 1. The largest absolute Gasteiger partial charge is 0.508 e. The van der Waals surface area contributed by atoms with E-state index in [-0.39, 0.29) is 29.0 Å². The Morgan fingerprint density at radius 2 is 2.00 bits per heavy atom. The first-order valence-electron chi connectivity index (χ1n) is 6.47. The number of amides is 1. The van der Waals surface area contributed by atoms with Gasteiger partial charge in [-0.3, -0.25) is 4.79 Å². The third-order valence-corrected chi connectivity index (χ3v) is 3.92.